The van der Waals surface area contributed by atoms with Gasteiger partial charge in [-0.3, -0.25) is 28.2 Å². The summed E-state index contributed by atoms with van der Waals surface area (Å²) >= 11 is 0. The highest BCUT2D eigenvalue weighted by molar-refractivity contribution is 7.47. The van der Waals surface area contributed by atoms with Crippen molar-refractivity contribution in [1.29, 1.82) is 0 Å². The number of amides is 3. The van der Waals surface area contributed by atoms with E-state index in [1.807, 2.05) is 69.4 Å². The molecule has 0 aliphatic rings. The number of Topliss-reactive ketones (excluding diaryl/α,β-unsaturated/α-hetero) is 1. The second kappa shape index (κ2) is 29.5. The van der Waals surface area contributed by atoms with E-state index in [9.17, 15) is 28.6 Å². The molecule has 0 bridgehead atoms. The van der Waals surface area contributed by atoms with Gasteiger partial charge in [-0.25, -0.2) is 4.57 Å². The Labute approximate surface area is 365 Å². The van der Waals surface area contributed by atoms with Crippen LogP contribution in [-0.4, -0.2) is 65.2 Å². The number of rotatable bonds is 34. The lowest BCUT2D eigenvalue weighted by Crippen LogP contribution is -2.51. The summed E-state index contributed by atoms with van der Waals surface area (Å²) < 4.78 is 23.2. The number of phosphoric acid groups is 1. The average Bonchev–Trinajstić information content (AvgIpc) is 3.65. The van der Waals surface area contributed by atoms with E-state index in [0.717, 1.165) is 59.7 Å². The van der Waals surface area contributed by atoms with Gasteiger partial charge in [-0.05, 0) is 47.6 Å². The first-order chi connectivity index (χ1) is 29.5. The van der Waals surface area contributed by atoms with E-state index in [1.165, 1.54) is 57.8 Å². The number of hydrogen-bond acceptors (Lipinski definition) is 7. The van der Waals surface area contributed by atoms with Gasteiger partial charge < -0.3 is 25.8 Å². The molecule has 1 aromatic heterocycles. The molecule has 13 heteroatoms. The highest BCUT2D eigenvalue weighted by atomic mass is 31.2. The molecule has 0 aliphatic carbocycles. The predicted octanol–water partition coefficient (Wildman–Crippen LogP) is 10.3. The van der Waals surface area contributed by atoms with Crippen LogP contribution in [0.1, 0.15) is 155 Å². The zero-order chi connectivity index (χ0) is 44.3. The maximum atomic E-state index is 13.3. The number of fused-ring (bicyclic) bond motifs is 1. The van der Waals surface area contributed by atoms with Crippen LogP contribution in [0.4, 0.5) is 0 Å². The summed E-state index contributed by atoms with van der Waals surface area (Å²) in [4.78, 5) is 66.1. The van der Waals surface area contributed by atoms with Gasteiger partial charge in [-0.15, -0.1) is 0 Å². The number of phosphoric ester groups is 1. The summed E-state index contributed by atoms with van der Waals surface area (Å²) in [5, 5.41) is 9.23. The van der Waals surface area contributed by atoms with Crippen molar-refractivity contribution in [2.24, 2.45) is 5.92 Å². The van der Waals surface area contributed by atoms with Crippen LogP contribution < -0.4 is 16.0 Å². The number of nitrogens with one attached hydrogen (secondary N) is 4. The Hall–Kier alpha value is -3.83. The zero-order valence-corrected chi connectivity index (χ0v) is 38.3. The van der Waals surface area contributed by atoms with Crippen LogP contribution in [0.25, 0.3) is 22.0 Å². The molecular formula is C48H75N4O8P. The Morgan fingerprint density at radius 3 is 1.97 bits per heavy atom. The largest absolute Gasteiger partial charge is 0.472 e. The van der Waals surface area contributed by atoms with E-state index < -0.39 is 32.4 Å². The smallest absolute Gasteiger partial charge is 0.361 e. The number of aromatic amines is 1. The second-order valence-electron chi connectivity index (χ2n) is 16.5. The van der Waals surface area contributed by atoms with Gasteiger partial charge in [-0.1, -0.05) is 160 Å². The third-order valence-corrected chi connectivity index (χ3v) is 12.3. The van der Waals surface area contributed by atoms with Gasteiger partial charge in [0.15, 0.2) is 5.78 Å². The Morgan fingerprint density at radius 2 is 1.33 bits per heavy atom. The molecule has 0 saturated carbocycles. The molecule has 0 spiro atoms. The molecule has 0 fully saturated rings. The minimum atomic E-state index is -4.65. The van der Waals surface area contributed by atoms with Crippen molar-refractivity contribution in [3.8, 4) is 11.1 Å². The fraction of sp³-hybridized carbons (Fsp3) is 0.625. The van der Waals surface area contributed by atoms with Gasteiger partial charge in [0.25, 0.3) is 0 Å². The molecule has 3 rings (SSSR count). The van der Waals surface area contributed by atoms with Gasteiger partial charge in [0.1, 0.15) is 12.1 Å². The Kier molecular flexibility index (Phi) is 24.9. The molecule has 2 aromatic carbocycles. The monoisotopic (exact) mass is 867 g/mol. The minimum Gasteiger partial charge on any atom is -0.361 e. The Morgan fingerprint density at radius 1 is 0.721 bits per heavy atom. The van der Waals surface area contributed by atoms with Crippen LogP contribution in [0.15, 0.2) is 54.7 Å². The standard InChI is InChI=1S/C48H75N4O8P/c1-5-8-10-11-12-13-14-15-16-17-18-19-24-28-45(54)51-43(44(53)27-21-9-6-2)36-60-61(57,58)59-32-31-49-48(56)47(37(4)7-3)52-46(55)34-40-35-50-42-30-29-39(33-41(40)42)38-25-22-20-23-26-38/h20,22-23,25-26,29-30,33,35,37,43,47,50H,5-19,21,24,27-28,31-32,34,36H2,1-4H3,(H,49,56)(H,51,54)(H,52,55)(H,57,58)/t37-,43-,47-/m0/s1. The molecule has 0 radical (unpaired) electrons. The quantitative estimate of drug-likeness (QED) is 0.0291. The van der Waals surface area contributed by atoms with Crippen molar-refractivity contribution in [1.82, 2.24) is 20.9 Å². The summed E-state index contributed by atoms with van der Waals surface area (Å²) in [5.41, 5.74) is 3.81. The van der Waals surface area contributed by atoms with E-state index in [0.29, 0.717) is 19.3 Å². The van der Waals surface area contributed by atoms with Crippen LogP contribution in [0.5, 0.6) is 0 Å². The van der Waals surface area contributed by atoms with Crippen LogP contribution in [0.3, 0.4) is 0 Å². The minimum absolute atomic E-state index is 0.0641. The molecule has 1 heterocycles. The van der Waals surface area contributed by atoms with Crippen LogP contribution in [0.2, 0.25) is 0 Å². The molecular weight excluding hydrogens is 792 g/mol. The van der Waals surface area contributed by atoms with Crippen molar-refractivity contribution in [3.63, 3.8) is 0 Å². The average molecular weight is 867 g/mol. The lowest BCUT2D eigenvalue weighted by molar-refractivity contribution is -0.130. The molecule has 0 saturated heterocycles. The Bertz CT molecular complexity index is 1780. The summed E-state index contributed by atoms with van der Waals surface area (Å²) in [6.07, 6.45) is 20.9. The van der Waals surface area contributed by atoms with Gasteiger partial charge in [0, 0.05) is 36.5 Å². The molecule has 0 aliphatic heterocycles. The first-order valence-corrected chi connectivity index (χ1v) is 24.6. The zero-order valence-electron chi connectivity index (χ0n) is 37.4. The lowest BCUT2D eigenvalue weighted by atomic mass is 9.97. The van der Waals surface area contributed by atoms with E-state index >= 15 is 0 Å². The normalized spacial score (nSPS) is 13.9. The van der Waals surface area contributed by atoms with Gasteiger partial charge in [0.05, 0.1) is 19.6 Å². The fourth-order valence-corrected chi connectivity index (χ4v) is 8.13. The highest BCUT2D eigenvalue weighted by Crippen LogP contribution is 2.43. The summed E-state index contributed by atoms with van der Waals surface area (Å²) in [6.45, 7) is 7.06. The van der Waals surface area contributed by atoms with E-state index in [4.69, 9.17) is 9.05 Å². The molecule has 4 atom stereocenters. The van der Waals surface area contributed by atoms with Crippen molar-refractivity contribution in [3.05, 3.63) is 60.3 Å². The van der Waals surface area contributed by atoms with Crippen molar-refractivity contribution >= 4 is 42.2 Å². The molecule has 61 heavy (non-hydrogen) atoms. The first-order valence-electron chi connectivity index (χ1n) is 23.1. The third kappa shape index (κ3) is 20.3. The van der Waals surface area contributed by atoms with Crippen LogP contribution in [-0.2, 0) is 39.2 Å². The number of hydrogen-bond donors (Lipinski definition) is 5. The molecule has 3 amide bonds. The summed E-state index contributed by atoms with van der Waals surface area (Å²) in [6, 6.07) is 14.1. The van der Waals surface area contributed by atoms with Gasteiger partial charge in [0.2, 0.25) is 17.7 Å². The number of benzene rings is 2. The van der Waals surface area contributed by atoms with Gasteiger partial charge >= 0.3 is 7.82 Å². The topological polar surface area (TPSA) is 176 Å². The molecule has 5 N–H and O–H groups in total. The number of aromatic nitrogens is 1. The second-order valence-corrected chi connectivity index (χ2v) is 17.9. The summed E-state index contributed by atoms with van der Waals surface area (Å²) in [7, 11) is -4.65. The van der Waals surface area contributed by atoms with E-state index in [1.54, 1.807) is 0 Å². The maximum absolute atomic E-state index is 13.3. The van der Waals surface area contributed by atoms with Crippen molar-refractivity contribution < 1.29 is 37.7 Å². The fourth-order valence-electron chi connectivity index (χ4n) is 7.39. The van der Waals surface area contributed by atoms with E-state index in [2.05, 4.69) is 33.9 Å². The van der Waals surface area contributed by atoms with Gasteiger partial charge in [-0.2, -0.15) is 0 Å². The number of carbonyl (C=O) groups is 4. The number of ketones is 1. The van der Waals surface area contributed by atoms with Crippen molar-refractivity contribution in [2.75, 3.05) is 19.8 Å². The molecule has 1 unspecified atom stereocenters. The highest BCUT2D eigenvalue weighted by Gasteiger charge is 2.29. The van der Waals surface area contributed by atoms with Crippen molar-refractivity contribution in [2.45, 2.75) is 168 Å². The SMILES string of the molecule is CCCCCCCCCCCCCCCC(=O)N[C@@H](COP(=O)(O)OCCNC(=O)[C@@H](NC(=O)Cc1c[nH]c2ccc(-c3ccccc3)cc12)[C@@H](C)CC)C(=O)CCCCC. The first kappa shape index (κ1) is 51.5. The molecule has 3 aromatic rings. The summed E-state index contributed by atoms with van der Waals surface area (Å²) in [5.74, 6) is -1.52. The predicted molar refractivity (Wildman–Crippen MR) is 245 cm³/mol. The van der Waals surface area contributed by atoms with Crippen LogP contribution in [0, 0.1) is 5.92 Å². The maximum Gasteiger partial charge on any atom is 0.472 e. The molecule has 12 nitrogen and oxygen atoms in total. The molecule has 340 valence electrons. The number of H-pyrrole nitrogens is 1. The Balaban J connectivity index is 1.42. The number of carbonyl (C=O) groups excluding carboxylic acids is 4. The number of unbranched alkanes of at least 4 members (excludes halogenated alkanes) is 14. The van der Waals surface area contributed by atoms with Crippen LogP contribution >= 0.6 is 7.82 Å². The van der Waals surface area contributed by atoms with E-state index in [-0.39, 0.29) is 55.9 Å². The lowest BCUT2D eigenvalue weighted by Gasteiger charge is -2.24. The third-order valence-electron chi connectivity index (χ3n) is 11.4.